The van der Waals surface area contributed by atoms with Crippen molar-refractivity contribution in [2.45, 2.75) is 6.92 Å². The van der Waals surface area contributed by atoms with Crippen LogP contribution in [-0.4, -0.2) is 31.8 Å². The third-order valence-corrected chi connectivity index (χ3v) is 2.92. The predicted molar refractivity (Wildman–Crippen MR) is 75.3 cm³/mol. The Morgan fingerprint density at radius 2 is 1.95 bits per heavy atom. The smallest absolute Gasteiger partial charge is 0.355 e. The van der Waals surface area contributed by atoms with Gasteiger partial charge in [-0.05, 0) is 31.2 Å². The molecule has 0 amide bonds. The average Bonchev–Trinajstić information content (AvgIpc) is 2.96. The van der Waals surface area contributed by atoms with Crippen molar-refractivity contribution in [2.24, 2.45) is 0 Å². The Labute approximate surface area is 117 Å². The van der Waals surface area contributed by atoms with E-state index in [9.17, 15) is 4.79 Å². The maximum Gasteiger partial charge on any atom is 0.355 e. The number of esters is 1. The van der Waals surface area contributed by atoms with E-state index in [-0.39, 0.29) is 0 Å². The van der Waals surface area contributed by atoms with E-state index in [2.05, 4.69) is 4.98 Å². The third-order valence-electron chi connectivity index (χ3n) is 2.92. The highest BCUT2D eigenvalue weighted by molar-refractivity contribution is 5.96. The van der Waals surface area contributed by atoms with E-state index in [0.29, 0.717) is 23.8 Å². The molecule has 5 nitrogen and oxygen atoms in total. The zero-order valence-electron chi connectivity index (χ0n) is 11.7. The molecule has 2 aromatic rings. The number of aromatic nitrogens is 1. The van der Waals surface area contributed by atoms with Gasteiger partial charge >= 0.3 is 5.97 Å². The Hall–Kier alpha value is -2.43. The van der Waals surface area contributed by atoms with Crippen molar-refractivity contribution in [1.29, 1.82) is 0 Å². The number of ether oxygens (including phenoxy) is 3. The van der Waals surface area contributed by atoms with Gasteiger partial charge in [-0.3, -0.25) is 0 Å². The number of H-pyrrole nitrogens is 1. The van der Waals surface area contributed by atoms with Gasteiger partial charge in [0.1, 0.15) is 17.2 Å². The number of carbonyl (C=O) groups excluding carboxylic acids is 1. The molecule has 0 atom stereocenters. The first-order valence-electron chi connectivity index (χ1n) is 6.28. The van der Waals surface area contributed by atoms with Crippen LogP contribution in [0.1, 0.15) is 17.4 Å². The van der Waals surface area contributed by atoms with Gasteiger partial charge in [0.25, 0.3) is 0 Å². The minimum atomic E-state index is -0.391. The van der Waals surface area contributed by atoms with E-state index >= 15 is 0 Å². The first-order chi connectivity index (χ1) is 9.71. The number of carbonyl (C=O) groups is 1. The molecule has 20 heavy (non-hydrogen) atoms. The minimum absolute atomic E-state index is 0.326. The number of hydrogen-bond acceptors (Lipinski definition) is 4. The zero-order chi connectivity index (χ0) is 14.5. The van der Waals surface area contributed by atoms with Crippen molar-refractivity contribution in [3.8, 4) is 22.6 Å². The minimum Gasteiger partial charge on any atom is -0.497 e. The Balaban J connectivity index is 2.51. The molecular formula is C15H17NO4. The highest BCUT2D eigenvalue weighted by Crippen LogP contribution is 2.35. The molecule has 0 aliphatic carbocycles. The van der Waals surface area contributed by atoms with Gasteiger partial charge in [-0.2, -0.15) is 0 Å². The maximum atomic E-state index is 11.9. The van der Waals surface area contributed by atoms with E-state index in [1.54, 1.807) is 39.5 Å². The van der Waals surface area contributed by atoms with Crippen LogP contribution in [0, 0.1) is 0 Å². The summed E-state index contributed by atoms with van der Waals surface area (Å²) in [5, 5.41) is 0. The monoisotopic (exact) mass is 275 g/mol. The van der Waals surface area contributed by atoms with Gasteiger partial charge in [-0.1, -0.05) is 0 Å². The molecular weight excluding hydrogens is 258 g/mol. The van der Waals surface area contributed by atoms with Crippen LogP contribution in [0.5, 0.6) is 11.5 Å². The summed E-state index contributed by atoms with van der Waals surface area (Å²) in [7, 11) is 3.18. The lowest BCUT2D eigenvalue weighted by molar-refractivity contribution is 0.0521. The fourth-order valence-electron chi connectivity index (χ4n) is 1.99. The van der Waals surface area contributed by atoms with Crippen LogP contribution in [0.15, 0.2) is 30.5 Å². The van der Waals surface area contributed by atoms with Gasteiger partial charge in [0.15, 0.2) is 0 Å². The van der Waals surface area contributed by atoms with Gasteiger partial charge < -0.3 is 19.2 Å². The molecule has 106 valence electrons. The van der Waals surface area contributed by atoms with Crippen LogP contribution in [0.2, 0.25) is 0 Å². The van der Waals surface area contributed by atoms with Gasteiger partial charge in [0.05, 0.1) is 20.8 Å². The molecule has 0 aliphatic rings. The summed E-state index contributed by atoms with van der Waals surface area (Å²) in [5.74, 6) is 0.963. The molecule has 1 N–H and O–H groups in total. The van der Waals surface area contributed by atoms with E-state index in [1.807, 2.05) is 12.1 Å². The number of rotatable bonds is 5. The molecule has 0 fully saturated rings. The average molecular weight is 275 g/mol. The fraction of sp³-hybridized carbons (Fsp3) is 0.267. The first-order valence-corrected chi connectivity index (χ1v) is 6.28. The SMILES string of the molecule is CCOC(=O)c1[nH]ccc1-c1cc(OC)ccc1OC. The van der Waals surface area contributed by atoms with Crippen LogP contribution in [0.3, 0.4) is 0 Å². The van der Waals surface area contributed by atoms with Crippen LogP contribution >= 0.6 is 0 Å². The molecule has 1 heterocycles. The Morgan fingerprint density at radius 1 is 1.15 bits per heavy atom. The molecule has 0 radical (unpaired) electrons. The highest BCUT2D eigenvalue weighted by atomic mass is 16.5. The largest absolute Gasteiger partial charge is 0.497 e. The zero-order valence-corrected chi connectivity index (χ0v) is 11.7. The molecule has 2 rings (SSSR count). The Bertz CT molecular complexity index is 604. The standard InChI is InChI=1S/C15H17NO4/c1-4-20-15(17)14-11(7-8-16-14)12-9-10(18-2)5-6-13(12)19-3/h5-9,16H,4H2,1-3H3. The molecule has 0 saturated carbocycles. The molecule has 0 spiro atoms. The summed E-state index contributed by atoms with van der Waals surface area (Å²) in [4.78, 5) is 14.8. The van der Waals surface area contributed by atoms with Crippen LogP contribution in [-0.2, 0) is 4.74 Å². The van der Waals surface area contributed by atoms with Gasteiger partial charge in [0, 0.05) is 17.3 Å². The van der Waals surface area contributed by atoms with Crippen LogP contribution < -0.4 is 9.47 Å². The van der Waals surface area contributed by atoms with Gasteiger partial charge in [-0.25, -0.2) is 4.79 Å². The quantitative estimate of drug-likeness (QED) is 0.852. The molecule has 1 aromatic heterocycles. The number of methoxy groups -OCH3 is 2. The fourth-order valence-corrected chi connectivity index (χ4v) is 1.99. The lowest BCUT2D eigenvalue weighted by Gasteiger charge is -2.11. The Morgan fingerprint density at radius 3 is 2.60 bits per heavy atom. The second-order valence-corrected chi connectivity index (χ2v) is 4.05. The van der Waals surface area contributed by atoms with E-state index in [4.69, 9.17) is 14.2 Å². The summed E-state index contributed by atoms with van der Waals surface area (Å²) in [6.45, 7) is 2.10. The van der Waals surface area contributed by atoms with Crippen molar-refractivity contribution in [3.05, 3.63) is 36.2 Å². The van der Waals surface area contributed by atoms with Crippen LogP contribution in [0.4, 0.5) is 0 Å². The van der Waals surface area contributed by atoms with E-state index in [0.717, 1.165) is 11.1 Å². The van der Waals surface area contributed by atoms with E-state index < -0.39 is 5.97 Å². The second-order valence-electron chi connectivity index (χ2n) is 4.05. The first kappa shape index (κ1) is 14.0. The highest BCUT2D eigenvalue weighted by Gasteiger charge is 2.18. The number of benzene rings is 1. The normalized spacial score (nSPS) is 10.2. The number of nitrogens with one attached hydrogen (secondary N) is 1. The van der Waals surface area contributed by atoms with Crippen molar-refractivity contribution in [3.63, 3.8) is 0 Å². The summed E-state index contributed by atoms with van der Waals surface area (Å²) < 4.78 is 15.6. The topological polar surface area (TPSA) is 60.6 Å². The van der Waals surface area contributed by atoms with Crippen LogP contribution in [0.25, 0.3) is 11.1 Å². The Kier molecular flexibility index (Phi) is 4.30. The molecule has 1 aromatic carbocycles. The molecule has 0 aliphatic heterocycles. The van der Waals surface area contributed by atoms with E-state index in [1.165, 1.54) is 0 Å². The van der Waals surface area contributed by atoms with Crippen molar-refractivity contribution in [2.75, 3.05) is 20.8 Å². The molecule has 5 heteroatoms. The lowest BCUT2D eigenvalue weighted by Crippen LogP contribution is -2.06. The van der Waals surface area contributed by atoms with Gasteiger partial charge in [0.2, 0.25) is 0 Å². The third kappa shape index (κ3) is 2.61. The lowest BCUT2D eigenvalue weighted by atomic mass is 10.0. The maximum absolute atomic E-state index is 11.9. The van der Waals surface area contributed by atoms with Crippen molar-refractivity contribution >= 4 is 5.97 Å². The molecule has 0 saturated heterocycles. The van der Waals surface area contributed by atoms with Crippen molar-refractivity contribution in [1.82, 2.24) is 4.98 Å². The summed E-state index contributed by atoms with van der Waals surface area (Å²) >= 11 is 0. The predicted octanol–water partition coefficient (Wildman–Crippen LogP) is 2.88. The summed E-state index contributed by atoms with van der Waals surface area (Å²) in [6, 6.07) is 7.24. The number of hydrogen-bond donors (Lipinski definition) is 1. The van der Waals surface area contributed by atoms with Crippen molar-refractivity contribution < 1.29 is 19.0 Å². The number of aromatic amines is 1. The summed E-state index contributed by atoms with van der Waals surface area (Å²) in [6.07, 6.45) is 1.69. The summed E-state index contributed by atoms with van der Waals surface area (Å²) in [5.41, 5.74) is 1.90. The second kappa shape index (κ2) is 6.14. The van der Waals surface area contributed by atoms with Gasteiger partial charge in [-0.15, -0.1) is 0 Å². The molecule has 0 bridgehead atoms. The molecule has 0 unspecified atom stereocenters.